The molecule has 38 heavy (non-hydrogen) atoms. The first-order valence-corrected chi connectivity index (χ1v) is 12.1. The van der Waals surface area contributed by atoms with Crippen LogP contribution in [0.5, 0.6) is 5.75 Å². The van der Waals surface area contributed by atoms with Crippen molar-refractivity contribution in [2.75, 3.05) is 41.0 Å². The summed E-state index contributed by atoms with van der Waals surface area (Å²) >= 11 is 0. The maximum atomic E-state index is 13.6. The lowest BCUT2D eigenvalue weighted by molar-refractivity contribution is -0.169. The second-order valence-electron chi connectivity index (χ2n) is 9.13. The van der Waals surface area contributed by atoms with Crippen molar-refractivity contribution >= 4 is 17.6 Å². The van der Waals surface area contributed by atoms with E-state index in [9.17, 15) is 14.0 Å². The summed E-state index contributed by atoms with van der Waals surface area (Å²) in [5, 5.41) is 9.72. The number of methoxy groups -OCH3 is 1. The molecule has 0 saturated carbocycles. The number of halogens is 1. The monoisotopic (exact) mass is 530 g/mol. The molecular formula is C25H31FN6O6. The molecule has 2 aliphatic heterocycles. The van der Waals surface area contributed by atoms with Crippen LogP contribution in [0.1, 0.15) is 34.0 Å². The minimum atomic E-state index is -0.477. The van der Waals surface area contributed by atoms with Crippen molar-refractivity contribution in [3.05, 3.63) is 52.9 Å². The third-order valence-corrected chi connectivity index (χ3v) is 6.02. The average molecular weight is 531 g/mol. The van der Waals surface area contributed by atoms with Crippen molar-refractivity contribution in [3.8, 4) is 5.75 Å². The van der Waals surface area contributed by atoms with Gasteiger partial charge in [-0.15, -0.1) is 0 Å². The lowest BCUT2D eigenvalue weighted by Crippen LogP contribution is -2.48. The van der Waals surface area contributed by atoms with Gasteiger partial charge in [0.2, 0.25) is 0 Å². The van der Waals surface area contributed by atoms with Crippen molar-refractivity contribution in [2.45, 2.75) is 38.2 Å². The summed E-state index contributed by atoms with van der Waals surface area (Å²) in [5.74, 6) is -0.380. The highest BCUT2D eigenvalue weighted by Gasteiger charge is 2.35. The fourth-order valence-corrected chi connectivity index (χ4v) is 3.92. The maximum Gasteiger partial charge on any atom is 0.316 e. The Labute approximate surface area is 219 Å². The standard InChI is InChI=1S/C25H31FN6O6/c1-14-29-18(8-20(30-14)24(33)27-10-15-5-6-17(26)21(7-15)35-4)19-9-22(38-31-19)23-13-36-16(12-37-23)11-28-25(34)32(2)3/h5-8,16,22-23H,9-13H2,1-4H3,(H,27,33)(H,28,34)/t16-,22+,23-/m1/s1. The van der Waals surface area contributed by atoms with Crippen LogP contribution in [0.4, 0.5) is 9.18 Å². The van der Waals surface area contributed by atoms with E-state index in [0.29, 0.717) is 49.0 Å². The lowest BCUT2D eigenvalue weighted by atomic mass is 10.0. The normalized spacial score (nSPS) is 20.8. The smallest absolute Gasteiger partial charge is 0.316 e. The van der Waals surface area contributed by atoms with Crippen LogP contribution in [0.2, 0.25) is 0 Å². The lowest BCUT2D eigenvalue weighted by Gasteiger charge is -2.31. The molecule has 1 saturated heterocycles. The van der Waals surface area contributed by atoms with E-state index in [1.165, 1.54) is 24.1 Å². The zero-order valence-electron chi connectivity index (χ0n) is 21.7. The molecule has 13 heteroatoms. The number of aromatic nitrogens is 2. The van der Waals surface area contributed by atoms with Crippen LogP contribution in [0, 0.1) is 12.7 Å². The molecule has 4 rings (SSSR count). The van der Waals surface area contributed by atoms with Gasteiger partial charge < -0.3 is 34.6 Å². The van der Waals surface area contributed by atoms with Crippen LogP contribution < -0.4 is 15.4 Å². The average Bonchev–Trinajstić information content (AvgIpc) is 3.41. The molecular weight excluding hydrogens is 499 g/mol. The van der Waals surface area contributed by atoms with E-state index in [1.54, 1.807) is 33.2 Å². The number of benzene rings is 1. The number of amides is 3. The van der Waals surface area contributed by atoms with E-state index in [1.807, 2.05) is 0 Å². The molecule has 3 amide bonds. The van der Waals surface area contributed by atoms with Gasteiger partial charge in [-0.05, 0) is 30.7 Å². The van der Waals surface area contributed by atoms with Gasteiger partial charge in [0.1, 0.15) is 23.3 Å². The van der Waals surface area contributed by atoms with Gasteiger partial charge in [0, 0.05) is 33.6 Å². The number of hydrogen-bond acceptors (Lipinski definition) is 9. The Morgan fingerprint density at radius 1 is 1.13 bits per heavy atom. The number of ether oxygens (including phenoxy) is 3. The van der Waals surface area contributed by atoms with E-state index < -0.39 is 11.7 Å². The molecule has 1 fully saturated rings. The fraction of sp³-hybridized carbons (Fsp3) is 0.480. The Morgan fingerprint density at radius 3 is 2.66 bits per heavy atom. The highest BCUT2D eigenvalue weighted by Crippen LogP contribution is 2.23. The minimum absolute atomic E-state index is 0.102. The van der Waals surface area contributed by atoms with Crippen LogP contribution >= 0.6 is 0 Å². The number of nitrogens with zero attached hydrogens (tertiary/aromatic N) is 4. The van der Waals surface area contributed by atoms with Gasteiger partial charge in [0.25, 0.3) is 5.91 Å². The number of hydrogen-bond donors (Lipinski definition) is 2. The van der Waals surface area contributed by atoms with Gasteiger partial charge in [-0.3, -0.25) is 4.79 Å². The Bertz CT molecular complexity index is 1200. The van der Waals surface area contributed by atoms with Crippen molar-refractivity contribution < 1.29 is 33.0 Å². The van der Waals surface area contributed by atoms with Crippen molar-refractivity contribution in [2.24, 2.45) is 5.16 Å². The Balaban J connectivity index is 1.31. The minimum Gasteiger partial charge on any atom is -0.494 e. The number of urea groups is 1. The quantitative estimate of drug-likeness (QED) is 0.523. The zero-order chi connectivity index (χ0) is 27.2. The molecule has 1 aromatic heterocycles. The van der Waals surface area contributed by atoms with E-state index in [0.717, 1.165) is 0 Å². The molecule has 0 spiro atoms. The summed E-state index contributed by atoms with van der Waals surface area (Å²) in [7, 11) is 4.71. The second-order valence-corrected chi connectivity index (χ2v) is 9.13. The molecule has 0 aliphatic carbocycles. The molecule has 2 aliphatic rings. The third-order valence-electron chi connectivity index (χ3n) is 6.02. The molecule has 3 heterocycles. The number of rotatable bonds is 8. The predicted octanol–water partition coefficient (Wildman–Crippen LogP) is 1.41. The molecule has 12 nitrogen and oxygen atoms in total. The van der Waals surface area contributed by atoms with Crippen LogP contribution in [0.3, 0.4) is 0 Å². The molecule has 3 atom stereocenters. The zero-order valence-corrected chi connectivity index (χ0v) is 21.7. The Hall–Kier alpha value is -3.84. The molecule has 2 N–H and O–H groups in total. The van der Waals surface area contributed by atoms with Gasteiger partial charge in [0.05, 0.1) is 32.1 Å². The van der Waals surface area contributed by atoms with E-state index >= 15 is 0 Å². The van der Waals surface area contributed by atoms with Gasteiger partial charge in [-0.2, -0.15) is 0 Å². The van der Waals surface area contributed by atoms with E-state index in [2.05, 4.69) is 25.8 Å². The molecule has 0 unspecified atom stereocenters. The van der Waals surface area contributed by atoms with Gasteiger partial charge in [-0.25, -0.2) is 19.2 Å². The maximum absolute atomic E-state index is 13.6. The molecule has 1 aromatic carbocycles. The third kappa shape index (κ3) is 6.72. The number of carbonyl (C=O) groups excluding carboxylic acids is 2. The van der Waals surface area contributed by atoms with Crippen molar-refractivity contribution in [1.29, 1.82) is 0 Å². The summed E-state index contributed by atoms with van der Waals surface area (Å²) < 4.78 is 30.4. The highest BCUT2D eigenvalue weighted by molar-refractivity contribution is 6.02. The Morgan fingerprint density at radius 2 is 1.95 bits per heavy atom. The summed E-state index contributed by atoms with van der Waals surface area (Å²) in [6, 6.07) is 5.73. The topological polar surface area (TPSA) is 136 Å². The summed E-state index contributed by atoms with van der Waals surface area (Å²) in [6.07, 6.45) is -0.541. The van der Waals surface area contributed by atoms with Crippen LogP contribution in [-0.4, -0.2) is 91.8 Å². The Kier molecular flexibility index (Phi) is 8.69. The van der Waals surface area contributed by atoms with Crippen molar-refractivity contribution in [1.82, 2.24) is 25.5 Å². The largest absolute Gasteiger partial charge is 0.494 e. The first kappa shape index (κ1) is 27.2. The number of aryl methyl sites for hydroxylation is 1. The molecule has 0 bridgehead atoms. The SMILES string of the molecule is COc1cc(CNC(=O)c2cc(C3=NO[C@H]([C@H]4CO[C@H](CNC(=O)N(C)C)CO4)C3)nc(C)n2)ccc1F. The van der Waals surface area contributed by atoms with Gasteiger partial charge in [0.15, 0.2) is 17.7 Å². The summed E-state index contributed by atoms with van der Waals surface area (Å²) in [5.41, 5.74) is 1.90. The molecule has 2 aromatic rings. The first-order chi connectivity index (χ1) is 18.2. The van der Waals surface area contributed by atoms with Crippen LogP contribution in [0.15, 0.2) is 29.4 Å². The van der Waals surface area contributed by atoms with E-state index in [-0.39, 0.29) is 42.3 Å². The number of nitrogens with one attached hydrogen (secondary N) is 2. The van der Waals surface area contributed by atoms with Gasteiger partial charge in [-0.1, -0.05) is 11.2 Å². The first-order valence-electron chi connectivity index (χ1n) is 12.1. The number of carbonyl (C=O) groups is 2. The van der Waals surface area contributed by atoms with Gasteiger partial charge >= 0.3 is 6.03 Å². The summed E-state index contributed by atoms with van der Waals surface area (Å²) in [6.45, 7) is 2.80. The molecule has 0 radical (unpaired) electrons. The number of oxime groups is 1. The van der Waals surface area contributed by atoms with Crippen LogP contribution in [0.25, 0.3) is 0 Å². The molecule has 204 valence electrons. The van der Waals surface area contributed by atoms with E-state index in [4.69, 9.17) is 19.0 Å². The fourth-order valence-electron chi connectivity index (χ4n) is 3.92. The second kappa shape index (κ2) is 12.1. The highest BCUT2D eigenvalue weighted by atomic mass is 19.1. The van der Waals surface area contributed by atoms with Crippen molar-refractivity contribution in [3.63, 3.8) is 0 Å². The summed E-state index contributed by atoms with van der Waals surface area (Å²) in [4.78, 5) is 40.2. The van der Waals surface area contributed by atoms with Crippen LogP contribution in [-0.2, 0) is 20.9 Å². The predicted molar refractivity (Wildman–Crippen MR) is 133 cm³/mol.